The fourth-order valence-electron chi connectivity index (χ4n) is 3.17. The third kappa shape index (κ3) is 2.06. The Kier molecular flexibility index (Phi) is 3.37. The highest BCUT2D eigenvalue weighted by Gasteiger charge is 2.31. The van der Waals surface area contributed by atoms with E-state index in [-0.39, 0.29) is 5.92 Å². The van der Waals surface area contributed by atoms with Crippen LogP contribution in [0.4, 0.5) is 0 Å². The fourth-order valence-corrected chi connectivity index (χ4v) is 3.35. The zero-order chi connectivity index (χ0) is 14.4. The number of rotatable bonds is 2. The summed E-state index contributed by atoms with van der Waals surface area (Å²) < 4.78 is 0. The van der Waals surface area contributed by atoms with Crippen LogP contribution in [0.5, 0.6) is 0 Å². The summed E-state index contributed by atoms with van der Waals surface area (Å²) >= 11 is 6.14. The number of benzene rings is 2. The van der Waals surface area contributed by atoms with Crippen molar-refractivity contribution >= 4 is 24.2 Å². The van der Waals surface area contributed by atoms with Gasteiger partial charge in [0.05, 0.1) is 0 Å². The SMILES string of the molecule is CC(C)C1c2cc(Cl)ccc2-c2ccc(B(O)O)cc21. The second-order valence-corrected chi connectivity index (χ2v) is 6.11. The van der Waals surface area contributed by atoms with E-state index in [2.05, 4.69) is 13.8 Å². The van der Waals surface area contributed by atoms with Crippen LogP contribution in [0.15, 0.2) is 36.4 Å². The molecule has 2 nitrogen and oxygen atoms in total. The molecule has 1 aliphatic rings. The minimum absolute atomic E-state index is 0.248. The minimum Gasteiger partial charge on any atom is -0.423 e. The molecule has 0 spiro atoms. The molecule has 102 valence electrons. The Hall–Kier alpha value is -1.29. The summed E-state index contributed by atoms with van der Waals surface area (Å²) in [6, 6.07) is 11.6. The fraction of sp³-hybridized carbons (Fsp3) is 0.250. The van der Waals surface area contributed by atoms with Gasteiger partial charge < -0.3 is 10.0 Å². The van der Waals surface area contributed by atoms with Crippen LogP contribution in [0.25, 0.3) is 11.1 Å². The van der Waals surface area contributed by atoms with E-state index in [9.17, 15) is 10.0 Å². The first-order valence-corrected chi connectivity index (χ1v) is 7.16. The largest absolute Gasteiger partial charge is 0.488 e. The minimum atomic E-state index is -1.43. The number of hydrogen-bond acceptors (Lipinski definition) is 2. The smallest absolute Gasteiger partial charge is 0.423 e. The lowest BCUT2D eigenvalue weighted by molar-refractivity contribution is 0.425. The Balaban J connectivity index is 2.23. The zero-order valence-electron chi connectivity index (χ0n) is 11.5. The van der Waals surface area contributed by atoms with Gasteiger partial charge in [0.25, 0.3) is 0 Å². The van der Waals surface area contributed by atoms with Crippen LogP contribution in [0.2, 0.25) is 5.02 Å². The summed E-state index contributed by atoms with van der Waals surface area (Å²) in [5.74, 6) is 0.664. The highest BCUT2D eigenvalue weighted by Crippen LogP contribution is 2.48. The van der Waals surface area contributed by atoms with Crippen molar-refractivity contribution in [1.29, 1.82) is 0 Å². The normalized spacial score (nSPS) is 16.2. The molecule has 2 aromatic rings. The van der Waals surface area contributed by atoms with Crippen molar-refractivity contribution in [3.8, 4) is 11.1 Å². The summed E-state index contributed by atoms with van der Waals surface area (Å²) in [6.45, 7) is 4.35. The molecule has 0 fully saturated rings. The Labute approximate surface area is 124 Å². The Morgan fingerprint density at radius 3 is 2.20 bits per heavy atom. The van der Waals surface area contributed by atoms with Gasteiger partial charge in [-0.2, -0.15) is 0 Å². The molecule has 0 aliphatic heterocycles. The van der Waals surface area contributed by atoms with Crippen LogP contribution in [0.3, 0.4) is 0 Å². The maximum Gasteiger partial charge on any atom is 0.488 e. The Morgan fingerprint density at radius 1 is 1.00 bits per heavy atom. The first-order chi connectivity index (χ1) is 9.49. The van der Waals surface area contributed by atoms with Gasteiger partial charge in [0.2, 0.25) is 0 Å². The molecule has 0 bridgehead atoms. The Bertz CT molecular complexity index is 668. The summed E-state index contributed by atoms with van der Waals surface area (Å²) in [5.41, 5.74) is 5.28. The number of fused-ring (bicyclic) bond motifs is 3. The Morgan fingerprint density at radius 2 is 1.60 bits per heavy atom. The molecule has 4 heteroatoms. The average molecular weight is 287 g/mol. The van der Waals surface area contributed by atoms with Crippen molar-refractivity contribution in [1.82, 2.24) is 0 Å². The average Bonchev–Trinajstić information content (AvgIpc) is 2.70. The van der Waals surface area contributed by atoms with Crippen molar-refractivity contribution in [2.45, 2.75) is 19.8 Å². The predicted molar refractivity (Wildman–Crippen MR) is 83.4 cm³/mol. The third-order valence-corrected chi connectivity index (χ3v) is 4.25. The van der Waals surface area contributed by atoms with Gasteiger partial charge in [0, 0.05) is 10.9 Å². The standard InChI is InChI=1S/C16H16BClO2/c1-9(2)16-14-7-10(17(19)20)3-5-12(14)13-6-4-11(18)8-15(13)16/h3-9,16,19-20H,1-2H3. The van der Waals surface area contributed by atoms with E-state index in [0.717, 1.165) is 10.6 Å². The second kappa shape index (κ2) is 4.92. The van der Waals surface area contributed by atoms with E-state index in [1.807, 2.05) is 30.3 Å². The van der Waals surface area contributed by atoms with Gasteiger partial charge >= 0.3 is 7.12 Å². The third-order valence-electron chi connectivity index (χ3n) is 4.01. The maximum atomic E-state index is 9.38. The molecular formula is C16H16BClO2. The first kappa shape index (κ1) is 13.7. The molecule has 0 saturated carbocycles. The quantitative estimate of drug-likeness (QED) is 0.834. The van der Waals surface area contributed by atoms with E-state index in [1.54, 1.807) is 6.07 Å². The summed E-state index contributed by atoms with van der Waals surface area (Å²) in [6.07, 6.45) is 0. The lowest BCUT2D eigenvalue weighted by Gasteiger charge is -2.18. The molecule has 0 amide bonds. The number of halogens is 1. The van der Waals surface area contributed by atoms with E-state index in [1.165, 1.54) is 16.7 Å². The molecule has 20 heavy (non-hydrogen) atoms. The predicted octanol–water partition coefficient (Wildman–Crippen LogP) is 2.79. The van der Waals surface area contributed by atoms with Crippen molar-refractivity contribution < 1.29 is 10.0 Å². The molecule has 0 heterocycles. The van der Waals surface area contributed by atoms with Crippen LogP contribution >= 0.6 is 11.6 Å². The van der Waals surface area contributed by atoms with Gasteiger partial charge in [-0.15, -0.1) is 0 Å². The van der Waals surface area contributed by atoms with Crippen LogP contribution in [-0.4, -0.2) is 17.2 Å². The molecule has 1 unspecified atom stereocenters. The molecule has 2 aromatic carbocycles. The van der Waals surface area contributed by atoms with Crippen LogP contribution in [-0.2, 0) is 0 Å². The highest BCUT2D eigenvalue weighted by molar-refractivity contribution is 6.58. The topological polar surface area (TPSA) is 40.5 Å². The van der Waals surface area contributed by atoms with Crippen LogP contribution in [0, 0.1) is 5.92 Å². The lowest BCUT2D eigenvalue weighted by Crippen LogP contribution is -2.30. The van der Waals surface area contributed by atoms with Crippen molar-refractivity contribution in [2.75, 3.05) is 0 Å². The van der Waals surface area contributed by atoms with E-state index < -0.39 is 7.12 Å². The van der Waals surface area contributed by atoms with Crippen molar-refractivity contribution in [3.63, 3.8) is 0 Å². The van der Waals surface area contributed by atoms with E-state index >= 15 is 0 Å². The van der Waals surface area contributed by atoms with Gasteiger partial charge in [0.1, 0.15) is 0 Å². The first-order valence-electron chi connectivity index (χ1n) is 6.79. The molecule has 0 aromatic heterocycles. The van der Waals surface area contributed by atoms with Gasteiger partial charge in [-0.05, 0) is 45.8 Å². The van der Waals surface area contributed by atoms with Gasteiger partial charge in [-0.25, -0.2) is 0 Å². The molecular weight excluding hydrogens is 270 g/mol. The maximum absolute atomic E-state index is 9.38. The lowest BCUT2D eigenvalue weighted by atomic mass is 9.77. The van der Waals surface area contributed by atoms with Gasteiger partial charge in [-0.1, -0.05) is 49.7 Å². The summed E-state index contributed by atoms with van der Waals surface area (Å²) in [4.78, 5) is 0. The van der Waals surface area contributed by atoms with Gasteiger partial charge in [-0.3, -0.25) is 0 Å². The summed E-state index contributed by atoms with van der Waals surface area (Å²) in [7, 11) is -1.43. The molecule has 2 N–H and O–H groups in total. The van der Waals surface area contributed by atoms with Gasteiger partial charge in [0.15, 0.2) is 0 Å². The van der Waals surface area contributed by atoms with E-state index in [4.69, 9.17) is 11.6 Å². The monoisotopic (exact) mass is 286 g/mol. The van der Waals surface area contributed by atoms with E-state index in [0.29, 0.717) is 11.4 Å². The van der Waals surface area contributed by atoms with Crippen molar-refractivity contribution in [3.05, 3.63) is 52.5 Å². The highest BCUT2D eigenvalue weighted by atomic mass is 35.5. The zero-order valence-corrected chi connectivity index (χ0v) is 12.2. The van der Waals surface area contributed by atoms with Crippen LogP contribution in [0.1, 0.15) is 30.9 Å². The second-order valence-electron chi connectivity index (χ2n) is 5.67. The molecule has 0 saturated heterocycles. The molecule has 0 radical (unpaired) electrons. The molecule has 3 rings (SSSR count). The summed E-state index contributed by atoms with van der Waals surface area (Å²) in [5, 5.41) is 19.5. The van der Waals surface area contributed by atoms with Crippen molar-refractivity contribution in [2.24, 2.45) is 5.92 Å². The molecule has 1 atom stereocenters. The molecule has 1 aliphatic carbocycles. The van der Waals surface area contributed by atoms with Crippen LogP contribution < -0.4 is 5.46 Å². The number of hydrogen-bond donors (Lipinski definition) is 2.